The van der Waals surface area contributed by atoms with Gasteiger partial charge in [-0.1, -0.05) is 12.8 Å². The maximum absolute atomic E-state index is 11.9. The molecule has 1 heterocycles. The van der Waals surface area contributed by atoms with Gasteiger partial charge in [-0.25, -0.2) is 0 Å². The highest BCUT2D eigenvalue weighted by atomic mass is 16.1. The van der Waals surface area contributed by atoms with Crippen LogP contribution < -0.4 is 11.1 Å². The molecule has 1 saturated carbocycles. The summed E-state index contributed by atoms with van der Waals surface area (Å²) in [5.74, 6) is 0.996. The Kier molecular flexibility index (Phi) is 4.36. The number of carbonyl (C=O) groups excluding carboxylic acids is 1. The molecular formula is C13H22N4O. The zero-order valence-electron chi connectivity index (χ0n) is 10.9. The Morgan fingerprint density at radius 2 is 2.22 bits per heavy atom. The summed E-state index contributed by atoms with van der Waals surface area (Å²) >= 11 is 0. The fourth-order valence-corrected chi connectivity index (χ4v) is 2.71. The highest BCUT2D eigenvalue weighted by molar-refractivity contribution is 5.92. The second-order valence-electron chi connectivity index (χ2n) is 5.12. The Balaban J connectivity index is 1.85. The summed E-state index contributed by atoms with van der Waals surface area (Å²) in [5, 5.41) is 7.07. The lowest BCUT2D eigenvalue weighted by Crippen LogP contribution is -2.37. The fourth-order valence-electron chi connectivity index (χ4n) is 2.71. The summed E-state index contributed by atoms with van der Waals surface area (Å²) in [5.41, 5.74) is 6.27. The molecule has 0 aliphatic heterocycles. The van der Waals surface area contributed by atoms with Crippen molar-refractivity contribution in [2.24, 2.45) is 24.6 Å². The molecule has 1 aliphatic rings. The molecule has 0 spiro atoms. The number of amides is 1. The zero-order chi connectivity index (χ0) is 13.0. The first-order valence-corrected chi connectivity index (χ1v) is 6.68. The number of nitrogens with two attached hydrogens (primary N) is 1. The summed E-state index contributed by atoms with van der Waals surface area (Å²) in [6, 6.07) is 1.73. The Labute approximate surface area is 108 Å². The molecule has 5 nitrogen and oxygen atoms in total. The molecule has 5 heteroatoms. The van der Waals surface area contributed by atoms with Crippen LogP contribution in [0.5, 0.6) is 0 Å². The molecule has 0 radical (unpaired) electrons. The van der Waals surface area contributed by atoms with E-state index in [-0.39, 0.29) is 5.91 Å². The fraction of sp³-hybridized carbons (Fsp3) is 0.692. The third-order valence-corrected chi connectivity index (χ3v) is 3.84. The molecule has 2 atom stereocenters. The monoisotopic (exact) mass is 250 g/mol. The summed E-state index contributed by atoms with van der Waals surface area (Å²) in [7, 11) is 1.81. The minimum absolute atomic E-state index is 0.0862. The van der Waals surface area contributed by atoms with Crippen LogP contribution in [0.15, 0.2) is 12.3 Å². The van der Waals surface area contributed by atoms with E-state index < -0.39 is 0 Å². The van der Waals surface area contributed by atoms with Gasteiger partial charge in [0.1, 0.15) is 5.69 Å². The van der Waals surface area contributed by atoms with Gasteiger partial charge in [0.2, 0.25) is 0 Å². The Morgan fingerprint density at radius 1 is 1.50 bits per heavy atom. The summed E-state index contributed by atoms with van der Waals surface area (Å²) in [6.07, 6.45) is 6.66. The van der Waals surface area contributed by atoms with Crippen LogP contribution in [0.1, 0.15) is 36.2 Å². The molecule has 100 valence electrons. The molecule has 0 saturated heterocycles. The van der Waals surface area contributed by atoms with Crippen LogP contribution in [-0.4, -0.2) is 28.8 Å². The van der Waals surface area contributed by atoms with Crippen LogP contribution in [0, 0.1) is 11.8 Å². The second-order valence-corrected chi connectivity index (χ2v) is 5.12. The molecule has 2 rings (SSSR count). The molecule has 0 aromatic carbocycles. The molecule has 1 amide bonds. The average molecular weight is 250 g/mol. The van der Waals surface area contributed by atoms with Gasteiger partial charge in [0.25, 0.3) is 5.91 Å². The van der Waals surface area contributed by atoms with Crippen molar-refractivity contribution in [3.8, 4) is 0 Å². The highest BCUT2D eigenvalue weighted by Gasteiger charge is 2.24. The van der Waals surface area contributed by atoms with E-state index >= 15 is 0 Å². The molecule has 1 aromatic heterocycles. The minimum Gasteiger partial charge on any atom is -0.350 e. The molecule has 2 unspecified atom stereocenters. The summed E-state index contributed by atoms with van der Waals surface area (Å²) in [4.78, 5) is 11.9. The highest BCUT2D eigenvalue weighted by Crippen LogP contribution is 2.28. The van der Waals surface area contributed by atoms with E-state index in [1.54, 1.807) is 16.9 Å². The van der Waals surface area contributed by atoms with Crippen LogP contribution in [0.3, 0.4) is 0 Å². The Hall–Kier alpha value is -1.36. The lowest BCUT2D eigenvalue weighted by atomic mass is 9.79. The number of carbonyl (C=O) groups is 1. The molecule has 1 aromatic rings. The number of rotatable bonds is 4. The van der Waals surface area contributed by atoms with Crippen molar-refractivity contribution in [1.82, 2.24) is 15.1 Å². The van der Waals surface area contributed by atoms with Gasteiger partial charge in [-0.05, 0) is 37.3 Å². The van der Waals surface area contributed by atoms with E-state index in [0.717, 1.165) is 13.1 Å². The van der Waals surface area contributed by atoms with E-state index in [1.165, 1.54) is 25.7 Å². The van der Waals surface area contributed by atoms with Gasteiger partial charge in [-0.3, -0.25) is 9.48 Å². The van der Waals surface area contributed by atoms with Gasteiger partial charge in [0, 0.05) is 19.8 Å². The van der Waals surface area contributed by atoms with Gasteiger partial charge in [0.05, 0.1) is 0 Å². The lowest BCUT2D eigenvalue weighted by molar-refractivity contribution is 0.0929. The van der Waals surface area contributed by atoms with Gasteiger partial charge >= 0.3 is 0 Å². The quantitative estimate of drug-likeness (QED) is 0.834. The predicted molar refractivity (Wildman–Crippen MR) is 70.0 cm³/mol. The first-order valence-electron chi connectivity index (χ1n) is 6.68. The Bertz CT molecular complexity index is 401. The minimum atomic E-state index is -0.0862. The van der Waals surface area contributed by atoms with Crippen LogP contribution in [-0.2, 0) is 7.05 Å². The number of nitrogens with one attached hydrogen (secondary N) is 1. The van der Waals surface area contributed by atoms with Crippen LogP contribution in [0.2, 0.25) is 0 Å². The summed E-state index contributed by atoms with van der Waals surface area (Å²) in [6.45, 7) is 1.45. The van der Waals surface area contributed by atoms with Crippen molar-refractivity contribution in [2.75, 3.05) is 13.1 Å². The maximum Gasteiger partial charge on any atom is 0.271 e. The number of hydrogen-bond donors (Lipinski definition) is 2. The second kappa shape index (κ2) is 6.00. The van der Waals surface area contributed by atoms with Gasteiger partial charge < -0.3 is 11.1 Å². The molecule has 1 fully saturated rings. The third kappa shape index (κ3) is 3.10. The average Bonchev–Trinajstić information content (AvgIpc) is 2.83. The Morgan fingerprint density at radius 3 is 2.83 bits per heavy atom. The molecular weight excluding hydrogens is 228 g/mol. The lowest BCUT2D eigenvalue weighted by Gasteiger charge is -2.30. The maximum atomic E-state index is 11.9. The van der Waals surface area contributed by atoms with E-state index in [0.29, 0.717) is 17.5 Å². The number of aryl methyl sites for hydroxylation is 1. The third-order valence-electron chi connectivity index (χ3n) is 3.84. The normalized spacial score (nSPS) is 23.9. The standard InChI is InChI=1S/C13H22N4O/c1-17-7-6-12(16-17)13(18)15-9-11-5-3-2-4-10(11)8-14/h6-7,10-11H,2-5,8-9,14H2,1H3,(H,15,18). The van der Waals surface area contributed by atoms with Crippen molar-refractivity contribution in [3.05, 3.63) is 18.0 Å². The predicted octanol–water partition coefficient (Wildman–Crippen LogP) is 0.915. The van der Waals surface area contributed by atoms with Crippen LogP contribution in [0.4, 0.5) is 0 Å². The van der Waals surface area contributed by atoms with Crippen LogP contribution >= 0.6 is 0 Å². The smallest absolute Gasteiger partial charge is 0.271 e. The van der Waals surface area contributed by atoms with Crippen LogP contribution in [0.25, 0.3) is 0 Å². The van der Waals surface area contributed by atoms with Crippen molar-refractivity contribution in [2.45, 2.75) is 25.7 Å². The number of aromatic nitrogens is 2. The van der Waals surface area contributed by atoms with E-state index in [9.17, 15) is 4.79 Å². The van der Waals surface area contributed by atoms with Gasteiger partial charge in [-0.15, -0.1) is 0 Å². The van der Waals surface area contributed by atoms with Crippen molar-refractivity contribution in [1.29, 1.82) is 0 Å². The van der Waals surface area contributed by atoms with Gasteiger partial charge in [0.15, 0.2) is 0 Å². The topological polar surface area (TPSA) is 72.9 Å². The zero-order valence-corrected chi connectivity index (χ0v) is 10.9. The van der Waals surface area contributed by atoms with Gasteiger partial charge in [-0.2, -0.15) is 5.10 Å². The molecule has 3 N–H and O–H groups in total. The largest absolute Gasteiger partial charge is 0.350 e. The van der Waals surface area contributed by atoms with E-state index in [4.69, 9.17) is 5.73 Å². The van der Waals surface area contributed by atoms with Crippen molar-refractivity contribution >= 4 is 5.91 Å². The van der Waals surface area contributed by atoms with Crippen molar-refractivity contribution < 1.29 is 4.79 Å². The summed E-state index contributed by atoms with van der Waals surface area (Å²) < 4.78 is 1.64. The van der Waals surface area contributed by atoms with E-state index in [1.807, 2.05) is 7.05 Å². The van der Waals surface area contributed by atoms with E-state index in [2.05, 4.69) is 10.4 Å². The SMILES string of the molecule is Cn1ccc(C(=O)NCC2CCCCC2CN)n1. The molecule has 0 bridgehead atoms. The number of hydrogen-bond acceptors (Lipinski definition) is 3. The van der Waals surface area contributed by atoms with Crippen molar-refractivity contribution in [3.63, 3.8) is 0 Å². The number of nitrogens with zero attached hydrogens (tertiary/aromatic N) is 2. The molecule has 1 aliphatic carbocycles. The molecule has 18 heavy (non-hydrogen) atoms. The first kappa shape index (κ1) is 13.1. The first-order chi connectivity index (χ1) is 8.70.